The fraction of sp³-hybridized carbons (Fsp3) is 0.929. The second-order valence-corrected chi connectivity index (χ2v) is 5.53. The molecule has 0 aromatic carbocycles. The Morgan fingerprint density at radius 3 is 2.83 bits per heavy atom. The summed E-state index contributed by atoms with van der Waals surface area (Å²) in [5.74, 6) is 0.802. The molecular weight excluding hydrogens is 228 g/mol. The Hall–Kier alpha value is -0.610. The van der Waals surface area contributed by atoms with Crippen molar-refractivity contribution in [2.45, 2.75) is 51.5 Å². The highest BCUT2D eigenvalue weighted by molar-refractivity contribution is 5.79. The molecular formula is C14H28N2O2. The highest BCUT2D eigenvalue weighted by Gasteiger charge is 2.31. The predicted molar refractivity (Wildman–Crippen MR) is 73.2 cm³/mol. The molecule has 0 aromatic rings. The highest BCUT2D eigenvalue weighted by Crippen LogP contribution is 2.27. The number of rotatable bonds is 7. The monoisotopic (exact) mass is 256 g/mol. The minimum absolute atomic E-state index is 0.0210. The zero-order valence-corrected chi connectivity index (χ0v) is 11.8. The molecule has 0 saturated heterocycles. The molecule has 3 atom stereocenters. The normalized spacial score (nSPS) is 28.1. The summed E-state index contributed by atoms with van der Waals surface area (Å²) < 4.78 is 4.99. The van der Waals surface area contributed by atoms with Gasteiger partial charge in [0, 0.05) is 26.3 Å². The zero-order chi connectivity index (χ0) is 13.4. The van der Waals surface area contributed by atoms with E-state index in [0.717, 1.165) is 51.7 Å². The van der Waals surface area contributed by atoms with Gasteiger partial charge in [-0.25, -0.2) is 0 Å². The Labute approximate surface area is 111 Å². The Morgan fingerprint density at radius 2 is 2.11 bits per heavy atom. The molecule has 1 saturated carbocycles. The molecule has 0 spiro atoms. The number of amides is 1. The van der Waals surface area contributed by atoms with Crippen LogP contribution in [-0.4, -0.2) is 32.2 Å². The summed E-state index contributed by atoms with van der Waals surface area (Å²) in [5, 5.41) is 3.02. The van der Waals surface area contributed by atoms with Gasteiger partial charge in [0.05, 0.1) is 5.92 Å². The van der Waals surface area contributed by atoms with Crippen LogP contribution in [0.2, 0.25) is 0 Å². The molecule has 106 valence electrons. The lowest BCUT2D eigenvalue weighted by Gasteiger charge is -2.31. The molecule has 0 radical (unpaired) electrons. The van der Waals surface area contributed by atoms with E-state index in [1.807, 2.05) is 0 Å². The van der Waals surface area contributed by atoms with Crippen molar-refractivity contribution in [2.24, 2.45) is 17.6 Å². The highest BCUT2D eigenvalue weighted by atomic mass is 16.5. The third-order valence-corrected chi connectivity index (χ3v) is 3.83. The Bertz CT molecular complexity index is 246. The average Bonchev–Trinajstić information content (AvgIpc) is 2.36. The maximum absolute atomic E-state index is 12.0. The standard InChI is InChI=1S/C14H28N2O2/c1-11-6-7-13(15)12(10-11)14(17)16-8-4-3-5-9-18-2/h11-13H,3-10,15H2,1-2H3,(H,16,17). The molecule has 0 aliphatic heterocycles. The van der Waals surface area contributed by atoms with Crippen molar-refractivity contribution in [3.63, 3.8) is 0 Å². The maximum atomic E-state index is 12.0. The van der Waals surface area contributed by atoms with Crippen molar-refractivity contribution in [3.05, 3.63) is 0 Å². The topological polar surface area (TPSA) is 64.3 Å². The molecule has 1 amide bonds. The number of hydrogen-bond acceptors (Lipinski definition) is 3. The summed E-state index contributed by atoms with van der Waals surface area (Å²) in [7, 11) is 1.72. The van der Waals surface area contributed by atoms with Crippen molar-refractivity contribution in [1.82, 2.24) is 5.32 Å². The zero-order valence-electron chi connectivity index (χ0n) is 11.8. The molecule has 0 bridgehead atoms. The molecule has 3 unspecified atom stereocenters. The number of hydrogen-bond donors (Lipinski definition) is 2. The van der Waals surface area contributed by atoms with Crippen LogP contribution in [0, 0.1) is 11.8 Å². The van der Waals surface area contributed by atoms with Crippen molar-refractivity contribution in [1.29, 1.82) is 0 Å². The summed E-state index contributed by atoms with van der Waals surface area (Å²) in [4.78, 5) is 12.0. The largest absolute Gasteiger partial charge is 0.385 e. The first kappa shape index (κ1) is 15.4. The lowest BCUT2D eigenvalue weighted by Crippen LogP contribution is -2.45. The van der Waals surface area contributed by atoms with Crippen LogP contribution in [-0.2, 0) is 9.53 Å². The van der Waals surface area contributed by atoms with E-state index < -0.39 is 0 Å². The minimum atomic E-state index is 0.0210. The van der Waals surface area contributed by atoms with Crippen LogP contribution in [0.25, 0.3) is 0 Å². The van der Waals surface area contributed by atoms with Gasteiger partial charge >= 0.3 is 0 Å². The summed E-state index contributed by atoms with van der Waals surface area (Å²) in [5.41, 5.74) is 6.03. The van der Waals surface area contributed by atoms with Gasteiger partial charge in [-0.05, 0) is 44.4 Å². The van der Waals surface area contributed by atoms with Gasteiger partial charge in [0.25, 0.3) is 0 Å². The molecule has 3 N–H and O–H groups in total. The van der Waals surface area contributed by atoms with E-state index in [1.54, 1.807) is 7.11 Å². The Balaban J connectivity index is 2.15. The molecule has 1 rings (SSSR count). The SMILES string of the molecule is COCCCCCNC(=O)C1CC(C)CCC1N. The van der Waals surface area contributed by atoms with Crippen LogP contribution in [0.15, 0.2) is 0 Å². The van der Waals surface area contributed by atoms with Gasteiger partial charge in [-0.15, -0.1) is 0 Å². The number of methoxy groups -OCH3 is 1. The first-order valence-corrected chi connectivity index (χ1v) is 7.17. The smallest absolute Gasteiger partial charge is 0.224 e. The van der Waals surface area contributed by atoms with Gasteiger partial charge in [0.2, 0.25) is 5.91 Å². The van der Waals surface area contributed by atoms with Crippen LogP contribution in [0.5, 0.6) is 0 Å². The fourth-order valence-corrected chi connectivity index (χ4v) is 2.60. The van der Waals surface area contributed by atoms with Crippen molar-refractivity contribution < 1.29 is 9.53 Å². The molecule has 0 aromatic heterocycles. The maximum Gasteiger partial charge on any atom is 0.224 e. The summed E-state index contributed by atoms with van der Waals surface area (Å²) in [6.07, 6.45) is 6.26. The van der Waals surface area contributed by atoms with Gasteiger partial charge in [0.15, 0.2) is 0 Å². The van der Waals surface area contributed by atoms with Crippen LogP contribution < -0.4 is 11.1 Å². The third kappa shape index (κ3) is 5.36. The van der Waals surface area contributed by atoms with Gasteiger partial charge < -0.3 is 15.8 Å². The van der Waals surface area contributed by atoms with E-state index in [1.165, 1.54) is 0 Å². The summed E-state index contributed by atoms with van der Waals surface area (Å²) in [6.45, 7) is 3.77. The number of unbranched alkanes of at least 4 members (excludes halogenated alkanes) is 2. The van der Waals surface area contributed by atoms with Gasteiger partial charge in [-0.1, -0.05) is 6.92 Å². The van der Waals surface area contributed by atoms with E-state index in [4.69, 9.17) is 10.5 Å². The minimum Gasteiger partial charge on any atom is -0.385 e. The number of nitrogens with one attached hydrogen (secondary N) is 1. The van der Waals surface area contributed by atoms with Crippen molar-refractivity contribution in [3.8, 4) is 0 Å². The van der Waals surface area contributed by atoms with Crippen LogP contribution in [0.4, 0.5) is 0 Å². The van der Waals surface area contributed by atoms with E-state index in [-0.39, 0.29) is 17.9 Å². The predicted octanol–water partition coefficient (Wildman–Crippen LogP) is 1.68. The Kier molecular flexibility index (Phi) is 7.28. The van der Waals surface area contributed by atoms with Gasteiger partial charge in [0.1, 0.15) is 0 Å². The molecule has 1 aliphatic rings. The first-order valence-electron chi connectivity index (χ1n) is 7.17. The van der Waals surface area contributed by atoms with E-state index in [9.17, 15) is 4.79 Å². The lowest BCUT2D eigenvalue weighted by molar-refractivity contribution is -0.126. The van der Waals surface area contributed by atoms with Crippen LogP contribution >= 0.6 is 0 Å². The van der Waals surface area contributed by atoms with Crippen molar-refractivity contribution >= 4 is 5.91 Å². The van der Waals surface area contributed by atoms with E-state index >= 15 is 0 Å². The molecule has 1 fully saturated rings. The molecule has 4 heteroatoms. The number of carbonyl (C=O) groups is 1. The second-order valence-electron chi connectivity index (χ2n) is 5.53. The first-order chi connectivity index (χ1) is 8.65. The summed E-state index contributed by atoms with van der Waals surface area (Å²) in [6, 6.07) is 0.0506. The van der Waals surface area contributed by atoms with Crippen molar-refractivity contribution in [2.75, 3.05) is 20.3 Å². The average molecular weight is 256 g/mol. The number of ether oxygens (including phenoxy) is 1. The van der Waals surface area contributed by atoms with Gasteiger partial charge in [-0.3, -0.25) is 4.79 Å². The number of nitrogens with two attached hydrogens (primary N) is 1. The molecule has 4 nitrogen and oxygen atoms in total. The van der Waals surface area contributed by atoms with E-state index in [2.05, 4.69) is 12.2 Å². The van der Waals surface area contributed by atoms with E-state index in [0.29, 0.717) is 5.92 Å². The summed E-state index contributed by atoms with van der Waals surface area (Å²) >= 11 is 0. The second kappa shape index (κ2) is 8.48. The quantitative estimate of drug-likeness (QED) is 0.681. The molecule has 1 aliphatic carbocycles. The Morgan fingerprint density at radius 1 is 1.33 bits per heavy atom. The van der Waals surface area contributed by atoms with Gasteiger partial charge in [-0.2, -0.15) is 0 Å². The third-order valence-electron chi connectivity index (χ3n) is 3.83. The molecule has 0 heterocycles. The molecule has 18 heavy (non-hydrogen) atoms. The lowest BCUT2D eigenvalue weighted by atomic mass is 9.79. The van der Waals surface area contributed by atoms with Crippen LogP contribution in [0.1, 0.15) is 45.4 Å². The number of carbonyl (C=O) groups excluding carboxylic acids is 1. The fourth-order valence-electron chi connectivity index (χ4n) is 2.60. The van der Waals surface area contributed by atoms with Crippen LogP contribution in [0.3, 0.4) is 0 Å².